The Labute approximate surface area is 193 Å². The van der Waals surface area contributed by atoms with Crippen molar-refractivity contribution in [3.8, 4) is 5.75 Å². The van der Waals surface area contributed by atoms with E-state index in [1.807, 2.05) is 0 Å². The third-order valence-electron chi connectivity index (χ3n) is 7.89. The Morgan fingerprint density at radius 2 is 1.97 bits per heavy atom. The Balaban J connectivity index is 1.25. The maximum Gasteiger partial charge on any atom is 0.387 e. The van der Waals surface area contributed by atoms with Gasteiger partial charge < -0.3 is 20.6 Å². The first-order valence-electron chi connectivity index (χ1n) is 12.1. The van der Waals surface area contributed by atoms with Crippen molar-refractivity contribution in [1.82, 2.24) is 9.88 Å². The first kappa shape index (κ1) is 22.7. The molecule has 0 radical (unpaired) electrons. The first-order valence-corrected chi connectivity index (χ1v) is 12.1. The third-order valence-corrected chi connectivity index (χ3v) is 7.89. The summed E-state index contributed by atoms with van der Waals surface area (Å²) in [6, 6.07) is 2.22. The van der Waals surface area contributed by atoms with Crippen molar-refractivity contribution in [2.45, 2.75) is 76.9 Å². The number of anilines is 1. The second-order valence-electron chi connectivity index (χ2n) is 10.1. The molecule has 3 aliphatic heterocycles. The van der Waals surface area contributed by atoms with Gasteiger partial charge in [0.2, 0.25) is 0 Å². The topological polar surface area (TPSA) is 96.8 Å². The molecule has 2 saturated carbocycles. The number of alkyl halides is 2. The highest BCUT2D eigenvalue weighted by Gasteiger charge is 2.59. The van der Waals surface area contributed by atoms with Gasteiger partial charge in [-0.05, 0) is 44.1 Å². The quantitative estimate of drug-likeness (QED) is 0.546. The van der Waals surface area contributed by atoms with Gasteiger partial charge in [0.1, 0.15) is 0 Å². The SMILES string of the molecule is CCC(C)N=C(CC(=N)c1cnc(N)c(OC(F)F)c1)C1C2CC(N3CC4CC(C3)O4)CC21. The molecule has 5 aliphatic rings. The number of nitrogens with one attached hydrogen (secondary N) is 1. The van der Waals surface area contributed by atoms with Gasteiger partial charge in [0, 0.05) is 67.1 Å². The standard InChI is InChI=1S/C24H33F2N5O2/c1-3-12(2)30-20(8-19(27)13-4-21(33-24(25)26)23(28)29-9-13)22-17-5-14(6-18(17)22)31-10-15-7-16(11-31)32-15/h4,9,12,14-18,22,24,27H,3,5-8,10-11H2,1-2H3,(H2,28,29). The normalized spacial score (nSPS) is 34.0. The van der Waals surface area contributed by atoms with E-state index in [4.69, 9.17) is 20.9 Å². The molecule has 0 spiro atoms. The highest BCUT2D eigenvalue weighted by atomic mass is 19.3. The van der Waals surface area contributed by atoms with Crippen LogP contribution in [0, 0.1) is 23.2 Å². The molecular weight excluding hydrogens is 428 g/mol. The average molecular weight is 462 g/mol. The zero-order chi connectivity index (χ0) is 23.3. The zero-order valence-corrected chi connectivity index (χ0v) is 19.2. The predicted molar refractivity (Wildman–Crippen MR) is 122 cm³/mol. The van der Waals surface area contributed by atoms with E-state index in [1.54, 1.807) is 0 Å². The monoisotopic (exact) mass is 461 g/mol. The number of piperidine rings is 1. The predicted octanol–water partition coefficient (Wildman–Crippen LogP) is 3.76. The number of nitrogens with two attached hydrogens (primary N) is 1. The number of halogens is 2. The minimum Gasteiger partial charge on any atom is -0.431 e. The highest BCUT2D eigenvalue weighted by Crippen LogP contribution is 2.60. The summed E-state index contributed by atoms with van der Waals surface area (Å²) in [5.41, 5.74) is 7.47. The maximum absolute atomic E-state index is 12.7. The summed E-state index contributed by atoms with van der Waals surface area (Å²) in [7, 11) is 0. The number of hydrogen-bond acceptors (Lipinski definition) is 7. The van der Waals surface area contributed by atoms with Crippen LogP contribution in [0.1, 0.15) is 51.5 Å². The van der Waals surface area contributed by atoms with Crippen molar-refractivity contribution < 1.29 is 18.3 Å². The molecule has 33 heavy (non-hydrogen) atoms. The number of pyridine rings is 1. The van der Waals surface area contributed by atoms with Crippen molar-refractivity contribution in [2.24, 2.45) is 22.7 Å². The van der Waals surface area contributed by atoms with Gasteiger partial charge in [0.05, 0.1) is 12.2 Å². The van der Waals surface area contributed by atoms with Crippen LogP contribution in [0.5, 0.6) is 5.75 Å². The molecule has 7 nitrogen and oxygen atoms in total. The fraction of sp³-hybridized carbons (Fsp3) is 0.708. The van der Waals surface area contributed by atoms with Gasteiger partial charge in [-0.25, -0.2) is 4.98 Å². The third kappa shape index (κ3) is 4.62. The number of aromatic nitrogens is 1. The van der Waals surface area contributed by atoms with E-state index >= 15 is 0 Å². The molecule has 0 amide bonds. The lowest BCUT2D eigenvalue weighted by atomic mass is 9.93. The molecular formula is C24H33F2N5O2. The summed E-state index contributed by atoms with van der Waals surface area (Å²) in [5, 5.41) is 8.64. The summed E-state index contributed by atoms with van der Waals surface area (Å²) in [6.45, 7) is 3.36. The van der Waals surface area contributed by atoms with Crippen LogP contribution < -0.4 is 10.5 Å². The van der Waals surface area contributed by atoms with Crippen molar-refractivity contribution in [2.75, 3.05) is 18.8 Å². The molecule has 5 atom stereocenters. The Hall–Kier alpha value is -2.13. The van der Waals surface area contributed by atoms with Crippen LogP contribution in [-0.2, 0) is 4.74 Å². The van der Waals surface area contributed by atoms with Gasteiger partial charge in [0.15, 0.2) is 11.6 Å². The van der Waals surface area contributed by atoms with Crippen LogP contribution in [0.2, 0.25) is 0 Å². The largest absolute Gasteiger partial charge is 0.431 e. The minimum absolute atomic E-state index is 0.108. The van der Waals surface area contributed by atoms with E-state index in [2.05, 4.69) is 28.5 Å². The number of nitrogen functional groups attached to an aromatic ring is 1. The van der Waals surface area contributed by atoms with Gasteiger partial charge >= 0.3 is 6.61 Å². The van der Waals surface area contributed by atoms with Crippen LogP contribution in [0.3, 0.4) is 0 Å². The second kappa shape index (κ2) is 8.91. The van der Waals surface area contributed by atoms with Gasteiger partial charge in [-0.2, -0.15) is 8.78 Å². The number of aliphatic imine (C=N–C) groups is 1. The highest BCUT2D eigenvalue weighted by molar-refractivity contribution is 6.12. The Morgan fingerprint density at radius 1 is 1.30 bits per heavy atom. The minimum atomic E-state index is -2.99. The molecule has 3 saturated heterocycles. The Morgan fingerprint density at radius 3 is 2.58 bits per heavy atom. The molecule has 180 valence electrons. The van der Waals surface area contributed by atoms with Crippen LogP contribution in [0.25, 0.3) is 0 Å². The number of morpholine rings is 1. The van der Waals surface area contributed by atoms with E-state index in [9.17, 15) is 8.78 Å². The van der Waals surface area contributed by atoms with E-state index < -0.39 is 6.61 Å². The van der Waals surface area contributed by atoms with Gasteiger partial charge in [0.25, 0.3) is 0 Å². The molecule has 4 heterocycles. The molecule has 6 rings (SSSR count). The lowest BCUT2D eigenvalue weighted by Gasteiger charge is -2.49. The lowest BCUT2D eigenvalue weighted by molar-refractivity contribution is -0.188. The molecule has 2 bridgehead atoms. The molecule has 1 aromatic heterocycles. The summed E-state index contributed by atoms with van der Waals surface area (Å²) in [4.78, 5) is 11.6. The van der Waals surface area contributed by atoms with Crippen LogP contribution in [-0.4, -0.2) is 65.3 Å². The van der Waals surface area contributed by atoms with Gasteiger partial charge in [-0.1, -0.05) is 6.92 Å². The summed E-state index contributed by atoms with van der Waals surface area (Å²) < 4.78 is 35.6. The average Bonchev–Trinajstić information content (AvgIpc) is 3.26. The summed E-state index contributed by atoms with van der Waals surface area (Å²) in [5.74, 6) is 1.38. The van der Waals surface area contributed by atoms with E-state index in [0.717, 1.165) is 25.2 Å². The molecule has 9 heteroatoms. The van der Waals surface area contributed by atoms with Gasteiger partial charge in [-0.15, -0.1) is 0 Å². The lowest BCUT2D eigenvalue weighted by Crippen LogP contribution is -2.59. The molecule has 5 unspecified atom stereocenters. The second-order valence-corrected chi connectivity index (χ2v) is 10.1. The Kier molecular flexibility index (Phi) is 6.11. The number of ether oxygens (including phenoxy) is 2. The summed E-state index contributed by atoms with van der Waals surface area (Å²) >= 11 is 0. The van der Waals surface area contributed by atoms with Crippen molar-refractivity contribution in [3.63, 3.8) is 0 Å². The first-order chi connectivity index (χ1) is 15.8. The number of hydrogen-bond donors (Lipinski definition) is 2. The Bertz CT molecular complexity index is 913. The van der Waals surface area contributed by atoms with Crippen molar-refractivity contribution in [1.29, 1.82) is 5.41 Å². The molecule has 3 N–H and O–H groups in total. The number of nitrogens with zero attached hydrogens (tertiary/aromatic N) is 3. The van der Waals surface area contributed by atoms with Crippen molar-refractivity contribution >= 4 is 17.2 Å². The van der Waals surface area contributed by atoms with Crippen LogP contribution in [0.15, 0.2) is 17.3 Å². The summed E-state index contributed by atoms with van der Waals surface area (Å²) in [6.07, 6.45) is 7.26. The fourth-order valence-electron chi connectivity index (χ4n) is 6.01. The molecule has 2 aliphatic carbocycles. The van der Waals surface area contributed by atoms with Gasteiger partial charge in [-0.3, -0.25) is 9.89 Å². The number of fused-ring (bicyclic) bond motifs is 3. The molecule has 5 fully saturated rings. The molecule has 1 aromatic rings. The van der Waals surface area contributed by atoms with Crippen molar-refractivity contribution in [3.05, 3.63) is 17.8 Å². The maximum atomic E-state index is 12.7. The van der Waals surface area contributed by atoms with Crippen LogP contribution in [0.4, 0.5) is 14.6 Å². The molecule has 0 aromatic carbocycles. The zero-order valence-electron chi connectivity index (χ0n) is 19.2. The smallest absolute Gasteiger partial charge is 0.387 e. The van der Waals surface area contributed by atoms with E-state index in [1.165, 1.54) is 31.5 Å². The fourth-order valence-corrected chi connectivity index (χ4v) is 6.01. The van der Waals surface area contributed by atoms with E-state index in [0.29, 0.717) is 53.7 Å². The van der Waals surface area contributed by atoms with E-state index in [-0.39, 0.29) is 17.6 Å². The number of rotatable bonds is 9. The van der Waals surface area contributed by atoms with Crippen LogP contribution >= 0.6 is 0 Å².